The number of nitrogens with one attached hydrogen (secondary N) is 1. The summed E-state index contributed by atoms with van der Waals surface area (Å²) in [5.41, 5.74) is 0. The highest BCUT2D eigenvalue weighted by molar-refractivity contribution is 9.10. The Labute approximate surface area is 129 Å². The molecule has 0 fully saturated rings. The molecule has 0 aliphatic rings. The summed E-state index contributed by atoms with van der Waals surface area (Å²) in [6.45, 7) is 7.28. The van der Waals surface area contributed by atoms with E-state index in [4.69, 9.17) is 4.74 Å². The maximum atomic E-state index is 5.80. The van der Waals surface area contributed by atoms with Gasteiger partial charge in [-0.05, 0) is 60.5 Å². The molecule has 0 aromatic heterocycles. The fourth-order valence-corrected chi connectivity index (χ4v) is 2.44. The number of hydrogen-bond acceptors (Lipinski definition) is 2. The summed E-state index contributed by atoms with van der Waals surface area (Å²) in [4.78, 5) is 0. The fraction of sp³-hybridized carbons (Fsp3) is 0.412. The third kappa shape index (κ3) is 4.80. The van der Waals surface area contributed by atoms with Gasteiger partial charge in [0.15, 0.2) is 0 Å². The molecule has 0 radical (unpaired) electrons. The zero-order valence-electron chi connectivity index (χ0n) is 12.2. The van der Waals surface area contributed by atoms with Crippen LogP contribution in [0.2, 0.25) is 0 Å². The monoisotopic (exact) mass is 335 g/mol. The van der Waals surface area contributed by atoms with Crippen LogP contribution in [0.3, 0.4) is 0 Å². The average Bonchev–Trinajstić information content (AvgIpc) is 2.42. The van der Waals surface area contributed by atoms with Crippen molar-refractivity contribution in [1.29, 1.82) is 0 Å². The van der Waals surface area contributed by atoms with Gasteiger partial charge in [-0.3, -0.25) is 0 Å². The highest BCUT2D eigenvalue weighted by atomic mass is 79.9. The van der Waals surface area contributed by atoms with Crippen LogP contribution in [-0.4, -0.2) is 19.7 Å². The molecule has 0 saturated carbocycles. The molecule has 0 atom stereocenters. The van der Waals surface area contributed by atoms with E-state index in [1.807, 2.05) is 6.07 Å². The van der Waals surface area contributed by atoms with Gasteiger partial charge in [-0.2, -0.15) is 0 Å². The summed E-state index contributed by atoms with van der Waals surface area (Å²) in [6.07, 6.45) is 1.03. The van der Waals surface area contributed by atoms with Crippen LogP contribution < -0.4 is 10.1 Å². The number of hydrogen-bond donors (Lipinski definition) is 1. The van der Waals surface area contributed by atoms with Gasteiger partial charge in [0.1, 0.15) is 5.75 Å². The third-order valence-electron chi connectivity index (χ3n) is 3.09. The number of fused-ring (bicyclic) bond motifs is 1. The van der Waals surface area contributed by atoms with Gasteiger partial charge in [0.25, 0.3) is 0 Å². The van der Waals surface area contributed by atoms with Crippen LogP contribution in [0.1, 0.15) is 20.3 Å². The van der Waals surface area contributed by atoms with Crippen molar-refractivity contribution in [1.82, 2.24) is 5.32 Å². The predicted molar refractivity (Wildman–Crippen MR) is 89.5 cm³/mol. The molecule has 2 aromatic rings. The summed E-state index contributed by atoms with van der Waals surface area (Å²) in [7, 11) is 0. The van der Waals surface area contributed by atoms with E-state index in [0.717, 1.165) is 36.3 Å². The lowest BCUT2D eigenvalue weighted by atomic mass is 10.1. The first-order chi connectivity index (χ1) is 9.65. The van der Waals surface area contributed by atoms with Crippen LogP contribution in [0, 0.1) is 5.92 Å². The van der Waals surface area contributed by atoms with E-state index in [-0.39, 0.29) is 0 Å². The third-order valence-corrected chi connectivity index (χ3v) is 3.59. The molecule has 0 heterocycles. The second kappa shape index (κ2) is 7.65. The van der Waals surface area contributed by atoms with Crippen molar-refractivity contribution in [3.8, 4) is 5.75 Å². The lowest BCUT2D eigenvalue weighted by Crippen LogP contribution is -2.22. The van der Waals surface area contributed by atoms with Crippen molar-refractivity contribution < 1.29 is 4.74 Å². The van der Waals surface area contributed by atoms with Crippen LogP contribution in [0.15, 0.2) is 40.9 Å². The molecule has 108 valence electrons. The lowest BCUT2D eigenvalue weighted by molar-refractivity contribution is 0.307. The second-order valence-electron chi connectivity index (χ2n) is 5.45. The van der Waals surface area contributed by atoms with Crippen LogP contribution in [0.25, 0.3) is 10.8 Å². The first kappa shape index (κ1) is 15.3. The van der Waals surface area contributed by atoms with Crippen molar-refractivity contribution in [2.45, 2.75) is 20.3 Å². The zero-order valence-corrected chi connectivity index (χ0v) is 13.7. The van der Waals surface area contributed by atoms with Crippen molar-refractivity contribution in [2.24, 2.45) is 5.92 Å². The molecule has 3 heteroatoms. The lowest BCUT2D eigenvalue weighted by Gasteiger charge is -2.09. The molecule has 0 amide bonds. The molecule has 20 heavy (non-hydrogen) atoms. The van der Waals surface area contributed by atoms with E-state index in [2.05, 4.69) is 65.4 Å². The van der Waals surface area contributed by atoms with Crippen molar-refractivity contribution >= 4 is 26.7 Å². The van der Waals surface area contributed by atoms with E-state index in [1.165, 1.54) is 10.8 Å². The normalized spacial score (nSPS) is 11.2. The first-order valence-electron chi connectivity index (χ1n) is 7.18. The first-order valence-corrected chi connectivity index (χ1v) is 7.97. The highest BCUT2D eigenvalue weighted by Gasteiger charge is 1.99. The maximum Gasteiger partial charge on any atom is 0.119 e. The Kier molecular flexibility index (Phi) is 5.86. The molecule has 2 rings (SSSR count). The summed E-state index contributed by atoms with van der Waals surface area (Å²) >= 11 is 3.49. The summed E-state index contributed by atoms with van der Waals surface area (Å²) in [5, 5.41) is 5.86. The Morgan fingerprint density at radius 2 is 1.85 bits per heavy atom. The van der Waals surface area contributed by atoms with Gasteiger partial charge in [0.2, 0.25) is 0 Å². The summed E-state index contributed by atoms with van der Waals surface area (Å²) in [6, 6.07) is 12.5. The fourth-order valence-electron chi connectivity index (χ4n) is 2.06. The number of halogens is 1. The predicted octanol–water partition coefficient (Wildman–Crippen LogP) is 4.62. The van der Waals surface area contributed by atoms with E-state index in [0.29, 0.717) is 5.92 Å². The largest absolute Gasteiger partial charge is 0.494 e. The van der Waals surface area contributed by atoms with Gasteiger partial charge >= 0.3 is 0 Å². The van der Waals surface area contributed by atoms with E-state index >= 15 is 0 Å². The average molecular weight is 336 g/mol. The summed E-state index contributed by atoms with van der Waals surface area (Å²) < 4.78 is 6.91. The number of rotatable bonds is 7. The second-order valence-corrected chi connectivity index (χ2v) is 6.37. The maximum absolute atomic E-state index is 5.80. The molecule has 0 aliphatic carbocycles. The number of ether oxygens (including phenoxy) is 1. The van der Waals surface area contributed by atoms with Crippen molar-refractivity contribution in [3.05, 3.63) is 40.9 Å². The molecule has 0 spiro atoms. The minimum atomic E-state index is 0.704. The van der Waals surface area contributed by atoms with E-state index in [9.17, 15) is 0 Å². The Morgan fingerprint density at radius 3 is 2.65 bits per heavy atom. The standard InChI is InChI=1S/C17H22BrNO/c1-13(2)12-19-8-3-9-20-17-7-5-14-10-16(18)6-4-15(14)11-17/h4-7,10-11,13,19H,3,8-9,12H2,1-2H3. The minimum Gasteiger partial charge on any atom is -0.494 e. The Hall–Kier alpha value is -1.06. The molecule has 2 aromatic carbocycles. The zero-order chi connectivity index (χ0) is 14.4. The van der Waals surface area contributed by atoms with E-state index < -0.39 is 0 Å². The Bertz CT molecular complexity index is 554. The van der Waals surface area contributed by atoms with Gasteiger partial charge in [0.05, 0.1) is 6.61 Å². The van der Waals surface area contributed by atoms with Crippen molar-refractivity contribution in [3.63, 3.8) is 0 Å². The summed E-state index contributed by atoms with van der Waals surface area (Å²) in [5.74, 6) is 1.65. The van der Waals surface area contributed by atoms with Crippen LogP contribution in [-0.2, 0) is 0 Å². The topological polar surface area (TPSA) is 21.3 Å². The molecule has 1 N–H and O–H groups in total. The SMILES string of the molecule is CC(C)CNCCCOc1ccc2cc(Br)ccc2c1. The molecule has 0 aliphatic heterocycles. The molecule has 2 nitrogen and oxygen atoms in total. The molecule has 0 unspecified atom stereocenters. The Morgan fingerprint density at radius 1 is 1.10 bits per heavy atom. The van der Waals surface area contributed by atoms with Gasteiger partial charge in [-0.25, -0.2) is 0 Å². The van der Waals surface area contributed by atoms with E-state index in [1.54, 1.807) is 0 Å². The van der Waals surface area contributed by atoms with Crippen molar-refractivity contribution in [2.75, 3.05) is 19.7 Å². The van der Waals surface area contributed by atoms with Gasteiger partial charge < -0.3 is 10.1 Å². The van der Waals surface area contributed by atoms with Crippen LogP contribution >= 0.6 is 15.9 Å². The molecular weight excluding hydrogens is 314 g/mol. The van der Waals surface area contributed by atoms with Gasteiger partial charge in [-0.15, -0.1) is 0 Å². The molecule has 0 bridgehead atoms. The van der Waals surface area contributed by atoms with Crippen LogP contribution in [0.4, 0.5) is 0 Å². The van der Waals surface area contributed by atoms with Gasteiger partial charge in [-0.1, -0.05) is 41.9 Å². The quantitative estimate of drug-likeness (QED) is 0.745. The Balaban J connectivity index is 1.80. The van der Waals surface area contributed by atoms with Gasteiger partial charge in [0, 0.05) is 4.47 Å². The molecular formula is C17H22BrNO. The highest BCUT2D eigenvalue weighted by Crippen LogP contribution is 2.24. The minimum absolute atomic E-state index is 0.704. The van der Waals surface area contributed by atoms with Crippen LogP contribution in [0.5, 0.6) is 5.75 Å². The number of benzene rings is 2. The molecule has 0 saturated heterocycles. The smallest absolute Gasteiger partial charge is 0.119 e.